The lowest BCUT2D eigenvalue weighted by atomic mass is 10.0. The van der Waals surface area contributed by atoms with Gasteiger partial charge in [-0.25, -0.2) is 13.2 Å². The second-order valence-electron chi connectivity index (χ2n) is 8.45. The van der Waals surface area contributed by atoms with Crippen LogP contribution in [0.1, 0.15) is 31.1 Å². The van der Waals surface area contributed by atoms with Crippen LogP contribution in [0.5, 0.6) is 5.75 Å². The van der Waals surface area contributed by atoms with Gasteiger partial charge in [0, 0.05) is 28.7 Å². The van der Waals surface area contributed by atoms with Gasteiger partial charge >= 0.3 is 6.09 Å². The Hall–Kier alpha value is -3.79. The van der Waals surface area contributed by atoms with E-state index in [9.17, 15) is 23.1 Å². The van der Waals surface area contributed by atoms with Gasteiger partial charge in [0.15, 0.2) is 0 Å². The van der Waals surface area contributed by atoms with E-state index in [1.165, 1.54) is 11.0 Å². The van der Waals surface area contributed by atoms with Crippen molar-refractivity contribution in [1.29, 1.82) is 0 Å². The first kappa shape index (κ1) is 25.8. The number of fused-ring (bicyclic) bond motifs is 1. The molecule has 2 amide bonds. The Labute approximate surface area is 204 Å². The summed E-state index contributed by atoms with van der Waals surface area (Å²) >= 11 is 0. The highest BCUT2D eigenvalue weighted by atomic mass is 32.2. The summed E-state index contributed by atoms with van der Waals surface area (Å²) < 4.78 is 30.4. The van der Waals surface area contributed by atoms with Crippen LogP contribution in [0.2, 0.25) is 0 Å². The van der Waals surface area contributed by atoms with Crippen LogP contribution in [-0.2, 0) is 14.8 Å². The number of amides is 2. The minimum Gasteiger partial charge on any atom is -0.506 e. The van der Waals surface area contributed by atoms with Crippen LogP contribution in [0, 0.1) is 5.92 Å². The van der Waals surface area contributed by atoms with E-state index in [2.05, 4.69) is 10.0 Å². The summed E-state index contributed by atoms with van der Waals surface area (Å²) in [5, 5.41) is 14.6. The minimum atomic E-state index is -3.42. The summed E-state index contributed by atoms with van der Waals surface area (Å²) in [6, 6.07) is 14.5. The Kier molecular flexibility index (Phi) is 7.85. The van der Waals surface area contributed by atoms with Gasteiger partial charge in [-0.05, 0) is 49.2 Å². The number of benzene rings is 3. The van der Waals surface area contributed by atoms with Crippen molar-refractivity contribution in [3.8, 4) is 5.75 Å². The first-order chi connectivity index (χ1) is 16.5. The first-order valence-electron chi connectivity index (χ1n) is 11.1. The molecular formula is C25H29N3O6S. The summed E-state index contributed by atoms with van der Waals surface area (Å²) in [7, 11) is -3.42. The Morgan fingerprint density at radius 1 is 1.03 bits per heavy atom. The molecule has 0 atom stereocenters. The molecule has 0 unspecified atom stereocenters. The number of ether oxygens (including phenoxy) is 1. The maximum absolute atomic E-state index is 13.3. The van der Waals surface area contributed by atoms with Crippen molar-refractivity contribution >= 4 is 49.9 Å². The monoisotopic (exact) mass is 499 g/mol. The van der Waals surface area contributed by atoms with E-state index >= 15 is 0 Å². The van der Waals surface area contributed by atoms with Gasteiger partial charge in [-0.1, -0.05) is 32.0 Å². The molecule has 3 aromatic rings. The fraction of sp³-hybridized carbons (Fsp3) is 0.280. The van der Waals surface area contributed by atoms with E-state index in [4.69, 9.17) is 4.74 Å². The van der Waals surface area contributed by atoms with Crippen LogP contribution in [0.3, 0.4) is 0 Å². The fourth-order valence-electron chi connectivity index (χ4n) is 3.52. The maximum Gasteiger partial charge on any atom is 0.411 e. The lowest BCUT2D eigenvalue weighted by Crippen LogP contribution is -2.30. The van der Waals surface area contributed by atoms with Gasteiger partial charge in [-0.15, -0.1) is 0 Å². The molecule has 0 aliphatic rings. The van der Waals surface area contributed by atoms with Gasteiger partial charge in [-0.3, -0.25) is 14.8 Å². The van der Waals surface area contributed by atoms with Gasteiger partial charge in [0.1, 0.15) is 5.75 Å². The van der Waals surface area contributed by atoms with Crippen LogP contribution in [-0.4, -0.2) is 44.9 Å². The fourth-order valence-corrected chi connectivity index (χ4v) is 4.09. The number of carbonyl (C=O) groups is 2. The highest BCUT2D eigenvalue weighted by Crippen LogP contribution is 2.34. The quantitative estimate of drug-likeness (QED) is 0.409. The summed E-state index contributed by atoms with van der Waals surface area (Å²) in [5.41, 5.74) is 1.46. The number of aromatic hydroxyl groups is 1. The van der Waals surface area contributed by atoms with Gasteiger partial charge in [-0.2, -0.15) is 0 Å². The zero-order valence-electron chi connectivity index (χ0n) is 20.0. The highest BCUT2D eigenvalue weighted by Gasteiger charge is 2.22. The first-order valence-corrected chi connectivity index (χ1v) is 13.0. The molecular weight excluding hydrogens is 470 g/mol. The van der Waals surface area contributed by atoms with E-state index in [1.807, 2.05) is 13.8 Å². The van der Waals surface area contributed by atoms with Gasteiger partial charge < -0.3 is 14.7 Å². The van der Waals surface area contributed by atoms with E-state index in [1.54, 1.807) is 55.5 Å². The number of phenols is 1. The molecule has 0 bridgehead atoms. The average molecular weight is 500 g/mol. The highest BCUT2D eigenvalue weighted by molar-refractivity contribution is 7.92. The predicted octanol–water partition coefficient (Wildman–Crippen LogP) is 4.79. The molecule has 0 fully saturated rings. The number of nitrogens with one attached hydrogen (secondary N) is 2. The molecule has 0 saturated heterocycles. The van der Waals surface area contributed by atoms with Crippen LogP contribution in [0.4, 0.5) is 21.9 Å². The molecule has 0 aliphatic heterocycles. The molecule has 0 aromatic heterocycles. The number of nitrogens with zero attached hydrogens (tertiary/aromatic N) is 1. The van der Waals surface area contributed by atoms with Crippen LogP contribution in [0.25, 0.3) is 10.8 Å². The lowest BCUT2D eigenvalue weighted by molar-refractivity contribution is 0.0986. The number of sulfonamides is 1. The Morgan fingerprint density at radius 3 is 2.31 bits per heavy atom. The van der Waals surface area contributed by atoms with Crippen molar-refractivity contribution in [3.05, 3.63) is 60.2 Å². The van der Waals surface area contributed by atoms with Gasteiger partial charge in [0.2, 0.25) is 10.0 Å². The molecule has 3 N–H and O–H groups in total. The molecule has 0 spiro atoms. The Bertz CT molecular complexity index is 1340. The SMILES string of the molecule is CCN(C(=O)c1ccc2c(NC(=O)OCC(C)C)cccc2c1O)c1ccc(NS(C)(=O)=O)cc1. The zero-order valence-corrected chi connectivity index (χ0v) is 20.8. The Balaban J connectivity index is 1.89. The van der Waals surface area contributed by atoms with E-state index in [0.717, 1.165) is 6.26 Å². The molecule has 0 saturated carbocycles. The summed E-state index contributed by atoms with van der Waals surface area (Å²) in [4.78, 5) is 26.9. The number of rotatable bonds is 8. The van der Waals surface area contributed by atoms with Crippen molar-refractivity contribution in [2.45, 2.75) is 20.8 Å². The molecule has 0 aliphatic carbocycles. The summed E-state index contributed by atoms with van der Waals surface area (Å²) in [5.74, 6) is -0.439. The number of phenolic OH excluding ortho intramolecular Hbond substituents is 1. The van der Waals surface area contributed by atoms with Crippen molar-refractivity contribution in [3.63, 3.8) is 0 Å². The number of carbonyl (C=O) groups excluding carboxylic acids is 2. The normalized spacial score (nSPS) is 11.3. The van der Waals surface area contributed by atoms with Crippen LogP contribution < -0.4 is 14.9 Å². The molecule has 0 heterocycles. The topological polar surface area (TPSA) is 125 Å². The number of anilines is 3. The lowest BCUT2D eigenvalue weighted by Gasteiger charge is -2.22. The minimum absolute atomic E-state index is 0.0946. The molecule has 186 valence electrons. The van der Waals surface area contributed by atoms with Crippen molar-refractivity contribution in [1.82, 2.24) is 0 Å². The smallest absolute Gasteiger partial charge is 0.411 e. The number of hydrogen-bond acceptors (Lipinski definition) is 6. The van der Waals surface area contributed by atoms with E-state index in [0.29, 0.717) is 34.4 Å². The van der Waals surface area contributed by atoms with Crippen LogP contribution >= 0.6 is 0 Å². The van der Waals surface area contributed by atoms with E-state index < -0.39 is 22.0 Å². The van der Waals surface area contributed by atoms with Crippen LogP contribution in [0.15, 0.2) is 54.6 Å². The molecule has 10 heteroatoms. The third-order valence-corrected chi connectivity index (χ3v) is 5.70. The molecule has 35 heavy (non-hydrogen) atoms. The standard InChI is InChI=1S/C25H29N3O6S/c1-5-28(18-11-9-17(10-12-18)27-35(4,32)33)24(30)21-14-13-19-20(23(21)29)7-6-8-22(19)26-25(31)34-15-16(2)3/h6-14,16,27,29H,5,15H2,1-4H3,(H,26,31). The third-order valence-electron chi connectivity index (χ3n) is 5.09. The maximum atomic E-state index is 13.3. The zero-order chi connectivity index (χ0) is 25.8. The molecule has 3 aromatic carbocycles. The summed E-state index contributed by atoms with van der Waals surface area (Å²) in [6.45, 7) is 6.25. The van der Waals surface area contributed by atoms with Crippen molar-refractivity contribution in [2.75, 3.05) is 34.3 Å². The predicted molar refractivity (Wildman–Crippen MR) is 138 cm³/mol. The second-order valence-corrected chi connectivity index (χ2v) is 10.2. The second kappa shape index (κ2) is 10.6. The number of hydrogen-bond donors (Lipinski definition) is 3. The van der Waals surface area contributed by atoms with Crippen molar-refractivity contribution in [2.24, 2.45) is 5.92 Å². The summed E-state index contributed by atoms with van der Waals surface area (Å²) in [6.07, 6.45) is 0.456. The molecule has 0 radical (unpaired) electrons. The largest absolute Gasteiger partial charge is 0.506 e. The third kappa shape index (κ3) is 6.42. The average Bonchev–Trinajstić information content (AvgIpc) is 2.79. The molecule has 9 nitrogen and oxygen atoms in total. The van der Waals surface area contributed by atoms with Crippen molar-refractivity contribution < 1.29 is 27.9 Å². The van der Waals surface area contributed by atoms with Gasteiger partial charge in [0.05, 0.1) is 24.1 Å². The Morgan fingerprint density at radius 2 is 1.71 bits per heavy atom. The van der Waals surface area contributed by atoms with E-state index in [-0.39, 0.29) is 23.8 Å². The molecule has 3 rings (SSSR count). The van der Waals surface area contributed by atoms with Gasteiger partial charge in [0.25, 0.3) is 5.91 Å².